The largest absolute Gasteiger partial charge is 0.494 e. The molecule has 8 nitrogen and oxygen atoms in total. The molecule has 0 aromatic heterocycles. The van der Waals surface area contributed by atoms with Gasteiger partial charge in [0.1, 0.15) is 11.4 Å². The van der Waals surface area contributed by atoms with Gasteiger partial charge in [-0.1, -0.05) is 48.0 Å². The van der Waals surface area contributed by atoms with Crippen molar-refractivity contribution in [3.8, 4) is 5.75 Å². The molecule has 44 heavy (non-hydrogen) atoms. The van der Waals surface area contributed by atoms with Gasteiger partial charge in [-0.15, -0.1) is 11.8 Å². The number of hydrogen-bond donors (Lipinski definition) is 2. The zero-order valence-electron chi connectivity index (χ0n) is 24.3. The van der Waals surface area contributed by atoms with E-state index in [0.29, 0.717) is 29.3 Å². The van der Waals surface area contributed by atoms with Gasteiger partial charge in [0.25, 0.3) is 11.8 Å². The normalized spacial score (nSPS) is 14.8. The molecule has 5 rings (SSSR count). The second-order valence-electron chi connectivity index (χ2n) is 10.1. The van der Waals surface area contributed by atoms with Gasteiger partial charge in [-0.05, 0) is 86.2 Å². The highest BCUT2D eigenvalue weighted by Gasteiger charge is 2.40. The number of carbonyl (C=O) groups is 4. The molecule has 4 aromatic carbocycles. The Morgan fingerprint density at radius 2 is 1.66 bits per heavy atom. The first kappa shape index (κ1) is 30.3. The fourth-order valence-electron chi connectivity index (χ4n) is 4.67. The van der Waals surface area contributed by atoms with Crippen molar-refractivity contribution in [1.82, 2.24) is 5.32 Å². The maximum Gasteiger partial charge on any atom is 0.272 e. The molecule has 0 aliphatic carbocycles. The van der Waals surface area contributed by atoms with Gasteiger partial charge < -0.3 is 15.4 Å². The Morgan fingerprint density at radius 1 is 0.932 bits per heavy atom. The maximum absolute atomic E-state index is 13.3. The minimum atomic E-state index is -0.563. The Labute approximate surface area is 260 Å². The molecular formula is C35H31N3O5S. The number of rotatable bonds is 10. The molecule has 0 bridgehead atoms. The lowest BCUT2D eigenvalue weighted by molar-refractivity contribution is -0.121. The molecular weight excluding hydrogens is 574 g/mol. The number of carbonyl (C=O) groups excluding carboxylic acids is 4. The predicted octanol–water partition coefficient (Wildman–Crippen LogP) is 6.23. The van der Waals surface area contributed by atoms with E-state index in [0.717, 1.165) is 16.0 Å². The molecule has 1 saturated heterocycles. The van der Waals surface area contributed by atoms with Gasteiger partial charge >= 0.3 is 0 Å². The van der Waals surface area contributed by atoms with Crippen molar-refractivity contribution in [3.05, 3.63) is 126 Å². The number of amides is 4. The van der Waals surface area contributed by atoms with Crippen LogP contribution in [0.3, 0.4) is 0 Å². The molecule has 1 heterocycles. The van der Waals surface area contributed by atoms with E-state index in [1.54, 1.807) is 78.9 Å². The van der Waals surface area contributed by atoms with E-state index in [1.165, 1.54) is 16.7 Å². The van der Waals surface area contributed by atoms with Crippen LogP contribution in [0.1, 0.15) is 34.8 Å². The highest BCUT2D eigenvalue weighted by molar-refractivity contribution is 8.00. The predicted molar refractivity (Wildman–Crippen MR) is 173 cm³/mol. The second kappa shape index (κ2) is 13.9. The number of nitrogens with one attached hydrogen (secondary N) is 2. The van der Waals surface area contributed by atoms with Gasteiger partial charge in [0.2, 0.25) is 11.8 Å². The van der Waals surface area contributed by atoms with Crippen molar-refractivity contribution in [1.29, 1.82) is 0 Å². The third-order valence-electron chi connectivity index (χ3n) is 6.78. The van der Waals surface area contributed by atoms with Gasteiger partial charge in [-0.25, -0.2) is 4.90 Å². The van der Waals surface area contributed by atoms with E-state index >= 15 is 0 Å². The molecule has 2 N–H and O–H groups in total. The molecule has 1 unspecified atom stereocenters. The molecule has 0 saturated carbocycles. The van der Waals surface area contributed by atoms with Crippen molar-refractivity contribution < 1.29 is 23.9 Å². The molecule has 1 aliphatic heterocycles. The summed E-state index contributed by atoms with van der Waals surface area (Å²) in [6, 6.07) is 30.2. The fourth-order valence-corrected chi connectivity index (χ4v) is 5.73. The molecule has 1 fully saturated rings. The SMILES string of the molecule is CCOc1ccc(N2C(=O)CC(Sc3ccc(NC(=O)/C(=C/c4cccc(C)c4)NC(=O)c4ccccc4)cc3)C2=O)cc1. The average Bonchev–Trinajstić information content (AvgIpc) is 3.30. The van der Waals surface area contributed by atoms with Crippen LogP contribution in [0, 0.1) is 6.92 Å². The Kier molecular flexibility index (Phi) is 9.56. The highest BCUT2D eigenvalue weighted by Crippen LogP contribution is 2.35. The van der Waals surface area contributed by atoms with Crippen LogP contribution in [-0.4, -0.2) is 35.5 Å². The van der Waals surface area contributed by atoms with E-state index in [1.807, 2.05) is 44.2 Å². The number of hydrogen-bond acceptors (Lipinski definition) is 6. The number of thioether (sulfide) groups is 1. The van der Waals surface area contributed by atoms with Crippen molar-refractivity contribution in [3.63, 3.8) is 0 Å². The van der Waals surface area contributed by atoms with Crippen LogP contribution in [0.5, 0.6) is 5.75 Å². The van der Waals surface area contributed by atoms with E-state index in [9.17, 15) is 19.2 Å². The third kappa shape index (κ3) is 7.43. The molecule has 1 aliphatic rings. The average molecular weight is 606 g/mol. The lowest BCUT2D eigenvalue weighted by Crippen LogP contribution is -2.31. The number of anilines is 2. The monoisotopic (exact) mass is 605 g/mol. The quantitative estimate of drug-likeness (QED) is 0.164. The summed E-state index contributed by atoms with van der Waals surface area (Å²) in [4.78, 5) is 54.1. The molecule has 0 spiro atoms. The van der Waals surface area contributed by atoms with Crippen LogP contribution in [0.25, 0.3) is 6.08 Å². The van der Waals surface area contributed by atoms with Crippen molar-refractivity contribution >= 4 is 52.8 Å². The maximum atomic E-state index is 13.3. The smallest absolute Gasteiger partial charge is 0.272 e. The Morgan fingerprint density at radius 3 is 2.34 bits per heavy atom. The lowest BCUT2D eigenvalue weighted by Gasteiger charge is -2.15. The van der Waals surface area contributed by atoms with Crippen molar-refractivity contribution in [2.24, 2.45) is 0 Å². The molecule has 9 heteroatoms. The zero-order valence-corrected chi connectivity index (χ0v) is 25.1. The molecule has 4 amide bonds. The van der Waals surface area contributed by atoms with E-state index in [2.05, 4.69) is 10.6 Å². The summed E-state index contributed by atoms with van der Waals surface area (Å²) in [5.41, 5.74) is 3.33. The first-order valence-corrected chi connectivity index (χ1v) is 15.0. The molecule has 1 atom stereocenters. The Bertz CT molecular complexity index is 1700. The molecule has 0 radical (unpaired) electrons. The van der Waals surface area contributed by atoms with Gasteiger partial charge in [-0.3, -0.25) is 19.2 Å². The standard InChI is InChI=1S/C35H31N3O5S/c1-3-43-28-16-14-27(15-17-28)38-32(39)22-31(35(38)42)44-29-18-12-26(13-19-29)36-34(41)30(21-24-9-7-8-23(2)20-24)37-33(40)25-10-5-4-6-11-25/h4-21,31H,3,22H2,1-2H3,(H,36,41)(H,37,40)/b30-21-. The van der Waals surface area contributed by atoms with Crippen molar-refractivity contribution in [2.45, 2.75) is 30.4 Å². The molecule has 4 aromatic rings. The Hall–Kier alpha value is -5.15. The van der Waals surface area contributed by atoms with Crippen LogP contribution in [-0.2, 0) is 14.4 Å². The topological polar surface area (TPSA) is 105 Å². The van der Waals surface area contributed by atoms with Crippen LogP contribution < -0.4 is 20.3 Å². The first-order valence-electron chi connectivity index (χ1n) is 14.1. The van der Waals surface area contributed by atoms with E-state index in [4.69, 9.17) is 4.74 Å². The van der Waals surface area contributed by atoms with E-state index in [-0.39, 0.29) is 23.9 Å². The van der Waals surface area contributed by atoms with Crippen molar-refractivity contribution in [2.75, 3.05) is 16.8 Å². The van der Waals surface area contributed by atoms with Crippen LogP contribution >= 0.6 is 11.8 Å². The minimum absolute atomic E-state index is 0.0867. The summed E-state index contributed by atoms with van der Waals surface area (Å²) in [6.07, 6.45) is 1.72. The Balaban J connectivity index is 1.26. The number of nitrogens with zero attached hydrogens (tertiary/aromatic N) is 1. The van der Waals surface area contributed by atoms with Gasteiger partial charge in [-0.2, -0.15) is 0 Å². The third-order valence-corrected chi connectivity index (χ3v) is 7.98. The van der Waals surface area contributed by atoms with Crippen LogP contribution in [0.4, 0.5) is 11.4 Å². The van der Waals surface area contributed by atoms with Gasteiger partial charge in [0.05, 0.1) is 17.5 Å². The number of aryl methyl sites for hydroxylation is 1. The number of imide groups is 1. The highest BCUT2D eigenvalue weighted by atomic mass is 32.2. The van der Waals surface area contributed by atoms with Crippen LogP contribution in [0.15, 0.2) is 114 Å². The van der Waals surface area contributed by atoms with E-state index < -0.39 is 17.1 Å². The summed E-state index contributed by atoms with van der Waals surface area (Å²) in [5, 5.41) is 5.02. The molecule has 222 valence electrons. The van der Waals surface area contributed by atoms with Gasteiger partial charge in [0, 0.05) is 22.6 Å². The summed E-state index contributed by atoms with van der Waals surface area (Å²) >= 11 is 1.30. The fraction of sp³-hybridized carbons (Fsp3) is 0.143. The summed E-state index contributed by atoms with van der Waals surface area (Å²) in [6.45, 7) is 4.36. The minimum Gasteiger partial charge on any atom is -0.494 e. The second-order valence-corrected chi connectivity index (χ2v) is 11.4. The first-order chi connectivity index (χ1) is 21.3. The summed E-state index contributed by atoms with van der Waals surface area (Å²) in [7, 11) is 0. The van der Waals surface area contributed by atoms with Crippen LogP contribution in [0.2, 0.25) is 0 Å². The summed E-state index contributed by atoms with van der Waals surface area (Å²) in [5.74, 6) is -0.752. The number of benzene rings is 4. The van der Waals surface area contributed by atoms with Gasteiger partial charge in [0.15, 0.2) is 0 Å². The lowest BCUT2D eigenvalue weighted by atomic mass is 10.1. The summed E-state index contributed by atoms with van der Waals surface area (Å²) < 4.78 is 5.45. The zero-order chi connectivity index (χ0) is 31.1. The number of ether oxygens (including phenoxy) is 1.